The van der Waals surface area contributed by atoms with Gasteiger partial charge in [-0.05, 0) is 19.1 Å². The monoisotopic (exact) mass is 227 g/mol. The highest BCUT2D eigenvalue weighted by molar-refractivity contribution is 6.18. The molecule has 0 bridgehead atoms. The number of hydrogen-bond donors (Lipinski definition) is 1. The fraction of sp³-hybridized carbons (Fsp3) is 0.364. The molecule has 1 rings (SSSR count). The van der Waals surface area contributed by atoms with Gasteiger partial charge in [0.2, 0.25) is 0 Å². The van der Waals surface area contributed by atoms with E-state index in [4.69, 9.17) is 11.6 Å². The minimum absolute atomic E-state index is 0.00974. The number of para-hydroxylation sites is 1. The summed E-state index contributed by atoms with van der Waals surface area (Å²) in [6.07, 6.45) is 0. The first-order chi connectivity index (χ1) is 7.20. The van der Waals surface area contributed by atoms with Crippen molar-refractivity contribution in [3.05, 3.63) is 29.8 Å². The molecule has 0 saturated carbocycles. The van der Waals surface area contributed by atoms with E-state index in [-0.39, 0.29) is 11.7 Å². The Balaban J connectivity index is 2.88. The summed E-state index contributed by atoms with van der Waals surface area (Å²) < 4.78 is 0. The minimum Gasteiger partial charge on any atom is -0.507 e. The third kappa shape index (κ3) is 2.86. The summed E-state index contributed by atoms with van der Waals surface area (Å²) in [5, 5.41) is 9.51. The fourth-order valence-electron chi connectivity index (χ4n) is 1.33. The molecule has 0 aliphatic carbocycles. The first-order valence-corrected chi connectivity index (χ1v) is 5.37. The number of aromatic hydroxyl groups is 1. The van der Waals surface area contributed by atoms with Crippen LogP contribution < -0.4 is 0 Å². The Kier molecular flexibility index (Phi) is 4.43. The number of carbonyl (C=O) groups is 1. The number of benzene rings is 1. The average Bonchev–Trinajstić information content (AvgIpc) is 2.25. The molecule has 1 amide bonds. The van der Waals surface area contributed by atoms with Crippen LogP contribution in [0.25, 0.3) is 0 Å². The molecule has 0 fully saturated rings. The molecule has 0 spiro atoms. The van der Waals surface area contributed by atoms with Crippen LogP contribution in [0.2, 0.25) is 0 Å². The second-order valence-electron chi connectivity index (χ2n) is 3.09. The lowest BCUT2D eigenvalue weighted by Crippen LogP contribution is -2.32. The Morgan fingerprint density at radius 1 is 1.47 bits per heavy atom. The van der Waals surface area contributed by atoms with E-state index >= 15 is 0 Å². The van der Waals surface area contributed by atoms with E-state index in [1.807, 2.05) is 6.92 Å². The van der Waals surface area contributed by atoms with Crippen molar-refractivity contribution in [3.8, 4) is 5.75 Å². The van der Waals surface area contributed by atoms with Gasteiger partial charge in [0.15, 0.2) is 0 Å². The zero-order valence-corrected chi connectivity index (χ0v) is 9.37. The van der Waals surface area contributed by atoms with Crippen molar-refractivity contribution in [2.24, 2.45) is 0 Å². The molecular formula is C11H14ClNO2. The van der Waals surface area contributed by atoms with Gasteiger partial charge >= 0.3 is 0 Å². The summed E-state index contributed by atoms with van der Waals surface area (Å²) >= 11 is 5.59. The molecule has 1 aromatic carbocycles. The number of carbonyl (C=O) groups excluding carboxylic acids is 1. The smallest absolute Gasteiger partial charge is 0.257 e. The van der Waals surface area contributed by atoms with Crippen molar-refractivity contribution in [2.45, 2.75) is 6.92 Å². The molecule has 0 heterocycles. The predicted octanol–water partition coefficient (Wildman–Crippen LogP) is 2.09. The first kappa shape index (κ1) is 11.9. The molecular weight excluding hydrogens is 214 g/mol. The second kappa shape index (κ2) is 5.61. The SMILES string of the molecule is CCN(CCCl)C(=O)c1ccccc1O. The van der Waals surface area contributed by atoms with Crippen molar-refractivity contribution in [3.63, 3.8) is 0 Å². The largest absolute Gasteiger partial charge is 0.507 e. The Bertz CT molecular complexity index is 341. The Morgan fingerprint density at radius 3 is 2.67 bits per heavy atom. The summed E-state index contributed by atoms with van der Waals surface area (Å²) in [7, 11) is 0. The topological polar surface area (TPSA) is 40.5 Å². The summed E-state index contributed by atoms with van der Waals surface area (Å²) in [6, 6.07) is 6.52. The summed E-state index contributed by atoms with van der Waals surface area (Å²) in [5.74, 6) is 0.222. The molecule has 3 nitrogen and oxygen atoms in total. The van der Waals surface area contributed by atoms with Crippen molar-refractivity contribution in [1.29, 1.82) is 0 Å². The minimum atomic E-state index is -0.184. The maximum atomic E-state index is 11.9. The summed E-state index contributed by atoms with van der Waals surface area (Å²) in [6.45, 7) is 2.95. The molecule has 0 atom stereocenters. The molecule has 1 aromatic rings. The molecule has 4 heteroatoms. The van der Waals surface area contributed by atoms with Crippen LogP contribution in [0.5, 0.6) is 5.75 Å². The van der Waals surface area contributed by atoms with Crippen molar-refractivity contribution >= 4 is 17.5 Å². The lowest BCUT2D eigenvalue weighted by molar-refractivity contribution is 0.0771. The number of alkyl halides is 1. The van der Waals surface area contributed by atoms with Crippen LogP contribution in [0.15, 0.2) is 24.3 Å². The van der Waals surface area contributed by atoms with Crippen LogP contribution >= 0.6 is 11.6 Å². The number of hydrogen-bond acceptors (Lipinski definition) is 2. The van der Waals surface area contributed by atoms with Crippen LogP contribution in [0.1, 0.15) is 17.3 Å². The van der Waals surface area contributed by atoms with Crippen molar-refractivity contribution < 1.29 is 9.90 Å². The molecule has 0 aromatic heterocycles. The second-order valence-corrected chi connectivity index (χ2v) is 3.47. The molecule has 15 heavy (non-hydrogen) atoms. The van der Waals surface area contributed by atoms with Gasteiger partial charge in [-0.1, -0.05) is 12.1 Å². The van der Waals surface area contributed by atoms with Gasteiger partial charge in [-0.15, -0.1) is 11.6 Å². The van der Waals surface area contributed by atoms with E-state index in [0.717, 1.165) is 0 Å². The predicted molar refractivity (Wildman–Crippen MR) is 60.4 cm³/mol. The van der Waals surface area contributed by atoms with E-state index in [0.29, 0.717) is 24.5 Å². The number of nitrogens with zero attached hydrogens (tertiary/aromatic N) is 1. The van der Waals surface area contributed by atoms with Crippen LogP contribution in [0.3, 0.4) is 0 Å². The van der Waals surface area contributed by atoms with E-state index in [1.165, 1.54) is 6.07 Å². The normalized spacial score (nSPS) is 10.0. The highest BCUT2D eigenvalue weighted by Gasteiger charge is 2.16. The maximum absolute atomic E-state index is 11.9. The number of phenolic OH excluding ortho intramolecular Hbond substituents is 1. The number of amides is 1. The van der Waals surface area contributed by atoms with Crippen molar-refractivity contribution in [2.75, 3.05) is 19.0 Å². The molecule has 0 saturated heterocycles. The van der Waals surface area contributed by atoms with Gasteiger partial charge in [0.05, 0.1) is 5.56 Å². The van der Waals surface area contributed by atoms with Gasteiger partial charge in [0, 0.05) is 19.0 Å². The van der Waals surface area contributed by atoms with Gasteiger partial charge in [-0.3, -0.25) is 4.79 Å². The van der Waals surface area contributed by atoms with E-state index in [1.54, 1.807) is 23.1 Å². The van der Waals surface area contributed by atoms with E-state index < -0.39 is 0 Å². The van der Waals surface area contributed by atoms with Crippen LogP contribution in [0.4, 0.5) is 0 Å². The quantitative estimate of drug-likeness (QED) is 0.801. The van der Waals surface area contributed by atoms with Crippen LogP contribution in [-0.4, -0.2) is 34.9 Å². The molecule has 0 aliphatic rings. The zero-order valence-electron chi connectivity index (χ0n) is 8.61. The Labute approximate surface area is 94.3 Å². The molecule has 0 radical (unpaired) electrons. The lowest BCUT2D eigenvalue weighted by atomic mass is 10.2. The Morgan fingerprint density at radius 2 is 2.13 bits per heavy atom. The Hall–Kier alpha value is -1.22. The highest BCUT2D eigenvalue weighted by Crippen LogP contribution is 2.17. The van der Waals surface area contributed by atoms with Crippen LogP contribution in [-0.2, 0) is 0 Å². The maximum Gasteiger partial charge on any atom is 0.257 e. The standard InChI is InChI=1S/C11H14ClNO2/c1-2-13(8-7-12)11(15)9-5-3-4-6-10(9)14/h3-6,14H,2,7-8H2,1H3. The van der Waals surface area contributed by atoms with E-state index in [9.17, 15) is 9.90 Å². The highest BCUT2D eigenvalue weighted by atomic mass is 35.5. The van der Waals surface area contributed by atoms with Gasteiger partial charge in [-0.2, -0.15) is 0 Å². The third-order valence-corrected chi connectivity index (χ3v) is 2.33. The van der Waals surface area contributed by atoms with Crippen molar-refractivity contribution in [1.82, 2.24) is 4.90 Å². The number of phenols is 1. The average molecular weight is 228 g/mol. The fourth-order valence-corrected chi connectivity index (χ4v) is 1.53. The lowest BCUT2D eigenvalue weighted by Gasteiger charge is -2.19. The number of halogens is 1. The van der Waals surface area contributed by atoms with Gasteiger partial charge in [0.1, 0.15) is 5.75 Å². The van der Waals surface area contributed by atoms with Crippen LogP contribution in [0, 0.1) is 0 Å². The summed E-state index contributed by atoms with van der Waals surface area (Å²) in [4.78, 5) is 13.5. The molecule has 1 N–H and O–H groups in total. The number of rotatable bonds is 4. The molecule has 0 aliphatic heterocycles. The molecule has 82 valence electrons. The first-order valence-electron chi connectivity index (χ1n) is 4.84. The third-order valence-electron chi connectivity index (χ3n) is 2.16. The van der Waals surface area contributed by atoms with Gasteiger partial charge in [-0.25, -0.2) is 0 Å². The summed E-state index contributed by atoms with van der Waals surface area (Å²) in [5.41, 5.74) is 0.324. The zero-order chi connectivity index (χ0) is 11.3. The molecule has 0 unspecified atom stereocenters. The van der Waals surface area contributed by atoms with Gasteiger partial charge in [0.25, 0.3) is 5.91 Å². The van der Waals surface area contributed by atoms with Gasteiger partial charge < -0.3 is 10.0 Å². The van der Waals surface area contributed by atoms with E-state index in [2.05, 4.69) is 0 Å².